The van der Waals surface area contributed by atoms with Gasteiger partial charge in [0.25, 0.3) is 0 Å². The molecule has 110 valence electrons. The van der Waals surface area contributed by atoms with Crippen LogP contribution in [0.15, 0.2) is 6.20 Å². The van der Waals surface area contributed by atoms with Gasteiger partial charge in [-0.1, -0.05) is 23.8 Å². The Labute approximate surface area is 123 Å². The van der Waals surface area contributed by atoms with E-state index in [2.05, 4.69) is 20.2 Å². The van der Waals surface area contributed by atoms with Crippen molar-refractivity contribution in [1.82, 2.24) is 14.9 Å². The van der Waals surface area contributed by atoms with E-state index in [1.165, 1.54) is 56.5 Å². The molecule has 1 heterocycles. The topological polar surface area (TPSA) is 66.9 Å². The zero-order valence-corrected chi connectivity index (χ0v) is 12.5. The second-order valence-electron chi connectivity index (χ2n) is 6.22. The molecule has 2 N–H and O–H groups in total. The van der Waals surface area contributed by atoms with E-state index in [1.54, 1.807) is 6.20 Å². The van der Waals surface area contributed by atoms with Crippen molar-refractivity contribution in [2.75, 3.05) is 5.32 Å². The molecule has 0 atom stereocenters. The molecule has 2 amide bonds. The minimum atomic E-state index is -0.124. The molecular formula is C14H22N4OS. The molecule has 2 fully saturated rings. The lowest BCUT2D eigenvalue weighted by Crippen LogP contribution is -2.42. The molecule has 2 saturated carbocycles. The molecule has 1 aromatic heterocycles. The molecule has 1 spiro atoms. The van der Waals surface area contributed by atoms with Crippen LogP contribution in [0.4, 0.5) is 9.80 Å². The largest absolute Gasteiger partial charge is 0.335 e. The van der Waals surface area contributed by atoms with E-state index in [0.717, 1.165) is 12.8 Å². The Bertz CT molecular complexity index is 432. The molecule has 0 aliphatic heterocycles. The molecule has 20 heavy (non-hydrogen) atoms. The zero-order chi connectivity index (χ0) is 13.8. The van der Waals surface area contributed by atoms with Crippen molar-refractivity contribution >= 4 is 22.6 Å². The summed E-state index contributed by atoms with van der Waals surface area (Å²) >= 11 is 1.20. The van der Waals surface area contributed by atoms with E-state index in [1.807, 2.05) is 0 Å². The van der Waals surface area contributed by atoms with E-state index in [0.29, 0.717) is 16.5 Å². The minimum Gasteiger partial charge on any atom is -0.335 e. The first-order valence-electron chi connectivity index (χ1n) is 7.61. The summed E-state index contributed by atoms with van der Waals surface area (Å²) in [6, 6.07) is 0.198. The summed E-state index contributed by atoms with van der Waals surface area (Å²) in [4.78, 5) is 11.9. The maximum Gasteiger partial charge on any atom is 0.320 e. The Kier molecular flexibility index (Phi) is 4.19. The lowest BCUT2D eigenvalue weighted by atomic mass is 9.64. The van der Waals surface area contributed by atoms with Crippen LogP contribution >= 0.6 is 11.5 Å². The molecule has 0 saturated heterocycles. The van der Waals surface area contributed by atoms with Crippen LogP contribution in [-0.2, 0) is 0 Å². The lowest BCUT2D eigenvalue weighted by Gasteiger charge is -2.43. The third kappa shape index (κ3) is 3.29. The van der Waals surface area contributed by atoms with Crippen LogP contribution in [0, 0.1) is 5.41 Å². The molecule has 0 radical (unpaired) electrons. The van der Waals surface area contributed by atoms with Crippen molar-refractivity contribution in [2.45, 2.75) is 63.8 Å². The van der Waals surface area contributed by atoms with Crippen molar-refractivity contribution in [3.8, 4) is 0 Å². The SMILES string of the molecule is O=C(Nc1cnns1)NC1CCC2(CCCCC2)CC1. The number of nitrogens with one attached hydrogen (secondary N) is 2. The molecule has 1 aromatic rings. The van der Waals surface area contributed by atoms with Gasteiger partial charge in [0.05, 0.1) is 6.20 Å². The molecule has 0 aromatic carbocycles. The first-order valence-corrected chi connectivity index (χ1v) is 8.38. The van der Waals surface area contributed by atoms with Gasteiger partial charge in [0.1, 0.15) is 5.00 Å². The van der Waals surface area contributed by atoms with Gasteiger partial charge in [0, 0.05) is 17.6 Å². The van der Waals surface area contributed by atoms with Crippen LogP contribution in [0.25, 0.3) is 0 Å². The van der Waals surface area contributed by atoms with Gasteiger partial charge in [0.15, 0.2) is 0 Å². The third-order valence-electron chi connectivity index (χ3n) is 4.89. The first-order chi connectivity index (χ1) is 9.76. The second-order valence-corrected chi connectivity index (χ2v) is 7.00. The summed E-state index contributed by atoms with van der Waals surface area (Å²) < 4.78 is 3.73. The molecule has 5 nitrogen and oxygen atoms in total. The van der Waals surface area contributed by atoms with E-state index >= 15 is 0 Å². The first kappa shape index (κ1) is 13.8. The Hall–Kier alpha value is -1.17. The van der Waals surface area contributed by atoms with E-state index in [9.17, 15) is 4.79 Å². The van der Waals surface area contributed by atoms with Gasteiger partial charge < -0.3 is 5.32 Å². The number of anilines is 1. The Morgan fingerprint density at radius 2 is 1.95 bits per heavy atom. The summed E-state index contributed by atoms with van der Waals surface area (Å²) in [6.45, 7) is 0. The molecule has 6 heteroatoms. The van der Waals surface area contributed by atoms with Crippen LogP contribution in [0.2, 0.25) is 0 Å². The number of hydrogen-bond donors (Lipinski definition) is 2. The van der Waals surface area contributed by atoms with Crippen LogP contribution in [0.3, 0.4) is 0 Å². The molecule has 2 aliphatic carbocycles. The predicted molar refractivity (Wildman–Crippen MR) is 79.8 cm³/mol. The number of carbonyl (C=O) groups is 1. The number of nitrogens with zero attached hydrogens (tertiary/aromatic N) is 2. The average Bonchev–Trinajstić information content (AvgIpc) is 2.95. The molecule has 2 aliphatic rings. The quantitative estimate of drug-likeness (QED) is 0.876. The van der Waals surface area contributed by atoms with E-state index in [4.69, 9.17) is 0 Å². The summed E-state index contributed by atoms with van der Waals surface area (Å²) in [5.74, 6) is 0. The lowest BCUT2D eigenvalue weighted by molar-refractivity contribution is 0.109. The fraction of sp³-hybridized carbons (Fsp3) is 0.786. The van der Waals surface area contributed by atoms with Crippen molar-refractivity contribution in [3.63, 3.8) is 0 Å². The number of hydrogen-bond acceptors (Lipinski definition) is 4. The second kappa shape index (κ2) is 6.08. The number of amides is 2. The van der Waals surface area contributed by atoms with Gasteiger partial charge in [-0.2, -0.15) is 0 Å². The number of rotatable bonds is 2. The van der Waals surface area contributed by atoms with Crippen molar-refractivity contribution < 1.29 is 4.79 Å². The van der Waals surface area contributed by atoms with E-state index < -0.39 is 0 Å². The molecular weight excluding hydrogens is 272 g/mol. The van der Waals surface area contributed by atoms with E-state index in [-0.39, 0.29) is 6.03 Å². The van der Waals surface area contributed by atoms with Crippen LogP contribution in [0.5, 0.6) is 0 Å². The standard InChI is InChI=1S/C14H22N4OS/c19-13(17-12-10-15-18-20-12)16-11-4-8-14(9-5-11)6-2-1-3-7-14/h10-11H,1-9H2,(H2,16,17,19). The highest BCUT2D eigenvalue weighted by Gasteiger charge is 2.36. The molecule has 0 bridgehead atoms. The van der Waals surface area contributed by atoms with Crippen molar-refractivity contribution in [1.29, 1.82) is 0 Å². The van der Waals surface area contributed by atoms with Gasteiger partial charge >= 0.3 is 6.03 Å². The predicted octanol–water partition coefficient (Wildman–Crippen LogP) is 3.55. The maximum atomic E-state index is 11.9. The number of urea groups is 1. The fourth-order valence-electron chi connectivity index (χ4n) is 3.73. The van der Waals surface area contributed by atoms with Gasteiger partial charge in [-0.3, -0.25) is 5.32 Å². The average molecular weight is 294 g/mol. The molecule has 0 unspecified atom stereocenters. The highest BCUT2D eigenvalue weighted by Crippen LogP contribution is 2.47. The molecule has 3 rings (SSSR count). The third-order valence-corrected chi connectivity index (χ3v) is 5.47. The number of aromatic nitrogens is 2. The number of carbonyl (C=O) groups excluding carboxylic acids is 1. The van der Waals surface area contributed by atoms with Gasteiger partial charge in [0.2, 0.25) is 0 Å². The summed E-state index contributed by atoms with van der Waals surface area (Å²) in [6.07, 6.45) is 13.4. The van der Waals surface area contributed by atoms with Gasteiger partial charge in [-0.15, -0.1) is 5.10 Å². The van der Waals surface area contributed by atoms with Crippen LogP contribution in [0.1, 0.15) is 57.8 Å². The summed E-state index contributed by atoms with van der Waals surface area (Å²) in [5, 5.41) is 10.3. The monoisotopic (exact) mass is 294 g/mol. The summed E-state index contributed by atoms with van der Waals surface area (Å²) in [5.41, 5.74) is 0.606. The highest BCUT2D eigenvalue weighted by molar-refractivity contribution is 7.10. The maximum absolute atomic E-state index is 11.9. The summed E-state index contributed by atoms with van der Waals surface area (Å²) in [7, 11) is 0. The van der Waals surface area contributed by atoms with Crippen molar-refractivity contribution in [3.05, 3.63) is 6.20 Å². The highest BCUT2D eigenvalue weighted by atomic mass is 32.1. The van der Waals surface area contributed by atoms with Gasteiger partial charge in [-0.25, -0.2) is 4.79 Å². The minimum absolute atomic E-state index is 0.124. The fourth-order valence-corrected chi connectivity index (χ4v) is 4.15. The normalized spacial score (nSPS) is 22.6. The van der Waals surface area contributed by atoms with Gasteiger partial charge in [-0.05, 0) is 43.9 Å². The Morgan fingerprint density at radius 1 is 1.20 bits per heavy atom. The smallest absolute Gasteiger partial charge is 0.320 e. The van der Waals surface area contributed by atoms with Crippen LogP contribution in [-0.4, -0.2) is 21.7 Å². The Morgan fingerprint density at radius 3 is 2.60 bits per heavy atom. The zero-order valence-electron chi connectivity index (χ0n) is 11.7. The Balaban J connectivity index is 1.45. The van der Waals surface area contributed by atoms with Crippen LogP contribution < -0.4 is 10.6 Å². The van der Waals surface area contributed by atoms with Crippen molar-refractivity contribution in [2.24, 2.45) is 5.41 Å².